The Morgan fingerprint density at radius 3 is 2.95 bits per heavy atom. The average molecular weight is 278 g/mol. The van der Waals surface area contributed by atoms with E-state index in [-0.39, 0.29) is 5.84 Å². The standard InChI is InChI=1S/C15H26N4O/c1-3-4-5-6-8-12(2)18-11-13-9-7-10-17-14(13)15(16)19-20/h7,9-10,12,18,20H,3-6,8,11H2,1-2H3,(H2,16,19). The predicted octanol–water partition coefficient (Wildman–Crippen LogP) is 2.62. The van der Waals surface area contributed by atoms with Gasteiger partial charge in [-0.3, -0.25) is 4.98 Å². The van der Waals surface area contributed by atoms with E-state index in [4.69, 9.17) is 10.9 Å². The number of hydrogen-bond donors (Lipinski definition) is 3. The minimum Gasteiger partial charge on any atom is -0.409 e. The van der Waals surface area contributed by atoms with Crippen LogP contribution in [0.15, 0.2) is 23.5 Å². The quantitative estimate of drug-likeness (QED) is 0.213. The first-order valence-electron chi connectivity index (χ1n) is 7.34. The summed E-state index contributed by atoms with van der Waals surface area (Å²) in [6.07, 6.45) is 7.93. The molecule has 112 valence electrons. The molecule has 0 aliphatic carbocycles. The van der Waals surface area contributed by atoms with Crippen LogP contribution in [0.1, 0.15) is 57.2 Å². The van der Waals surface area contributed by atoms with Crippen LogP contribution in [0.3, 0.4) is 0 Å². The molecule has 5 nitrogen and oxygen atoms in total. The molecule has 4 N–H and O–H groups in total. The first-order chi connectivity index (χ1) is 9.69. The van der Waals surface area contributed by atoms with Crippen molar-refractivity contribution in [2.45, 2.75) is 58.5 Å². The minimum absolute atomic E-state index is 0.0537. The monoisotopic (exact) mass is 278 g/mol. The van der Waals surface area contributed by atoms with Crippen molar-refractivity contribution >= 4 is 5.84 Å². The smallest absolute Gasteiger partial charge is 0.189 e. The van der Waals surface area contributed by atoms with Crippen molar-refractivity contribution in [1.29, 1.82) is 0 Å². The molecule has 1 aromatic rings. The van der Waals surface area contributed by atoms with Crippen LogP contribution in [0.4, 0.5) is 0 Å². The largest absolute Gasteiger partial charge is 0.409 e. The van der Waals surface area contributed by atoms with E-state index in [0.29, 0.717) is 18.3 Å². The van der Waals surface area contributed by atoms with E-state index in [1.54, 1.807) is 6.20 Å². The molecule has 0 saturated carbocycles. The first kappa shape index (κ1) is 16.4. The summed E-state index contributed by atoms with van der Waals surface area (Å²) < 4.78 is 0. The van der Waals surface area contributed by atoms with Gasteiger partial charge in [0.2, 0.25) is 0 Å². The second kappa shape index (κ2) is 9.31. The molecular formula is C15H26N4O. The summed E-state index contributed by atoms with van der Waals surface area (Å²) in [4.78, 5) is 4.16. The Hall–Kier alpha value is -1.62. The second-order valence-electron chi connectivity index (χ2n) is 5.13. The van der Waals surface area contributed by atoms with E-state index in [2.05, 4.69) is 29.3 Å². The lowest BCUT2D eigenvalue weighted by Gasteiger charge is -2.15. The molecular weight excluding hydrogens is 252 g/mol. The zero-order valence-corrected chi connectivity index (χ0v) is 12.5. The summed E-state index contributed by atoms with van der Waals surface area (Å²) in [5, 5.41) is 15.2. The summed E-state index contributed by atoms with van der Waals surface area (Å²) in [5.41, 5.74) is 7.11. The van der Waals surface area contributed by atoms with Crippen LogP contribution in [-0.4, -0.2) is 22.1 Å². The highest BCUT2D eigenvalue weighted by Crippen LogP contribution is 2.08. The molecule has 1 aromatic heterocycles. The van der Waals surface area contributed by atoms with Gasteiger partial charge in [0.25, 0.3) is 0 Å². The molecule has 0 aliphatic rings. The van der Waals surface area contributed by atoms with Gasteiger partial charge in [0.1, 0.15) is 5.69 Å². The molecule has 0 saturated heterocycles. The Balaban J connectivity index is 2.45. The van der Waals surface area contributed by atoms with Gasteiger partial charge >= 0.3 is 0 Å². The summed E-state index contributed by atoms with van der Waals surface area (Å²) >= 11 is 0. The molecule has 1 heterocycles. The number of nitrogens with zero attached hydrogens (tertiary/aromatic N) is 2. The normalized spacial score (nSPS) is 13.4. The van der Waals surface area contributed by atoms with Crippen molar-refractivity contribution < 1.29 is 5.21 Å². The molecule has 0 bridgehead atoms. The second-order valence-corrected chi connectivity index (χ2v) is 5.13. The van der Waals surface area contributed by atoms with Crippen molar-refractivity contribution in [3.8, 4) is 0 Å². The van der Waals surface area contributed by atoms with Crippen LogP contribution in [0.2, 0.25) is 0 Å². The Morgan fingerprint density at radius 1 is 1.45 bits per heavy atom. The topological polar surface area (TPSA) is 83.5 Å². The zero-order chi connectivity index (χ0) is 14.8. The number of nitrogens with one attached hydrogen (secondary N) is 1. The van der Waals surface area contributed by atoms with E-state index in [1.807, 2.05) is 12.1 Å². The van der Waals surface area contributed by atoms with Crippen LogP contribution in [0, 0.1) is 0 Å². The van der Waals surface area contributed by atoms with Crippen LogP contribution in [-0.2, 0) is 6.54 Å². The number of aromatic nitrogens is 1. The van der Waals surface area contributed by atoms with Gasteiger partial charge < -0.3 is 16.3 Å². The summed E-state index contributed by atoms with van der Waals surface area (Å²) in [7, 11) is 0. The van der Waals surface area contributed by atoms with Crippen molar-refractivity contribution in [2.75, 3.05) is 0 Å². The summed E-state index contributed by atoms with van der Waals surface area (Å²) in [6, 6.07) is 4.25. The number of pyridine rings is 1. The van der Waals surface area contributed by atoms with Gasteiger partial charge in [0.05, 0.1) is 0 Å². The molecule has 0 amide bonds. The number of hydrogen-bond acceptors (Lipinski definition) is 4. The molecule has 0 aromatic carbocycles. The molecule has 1 unspecified atom stereocenters. The fraction of sp³-hybridized carbons (Fsp3) is 0.600. The number of nitrogens with two attached hydrogens (primary N) is 1. The van der Waals surface area contributed by atoms with Gasteiger partial charge in [0.15, 0.2) is 5.84 Å². The molecule has 0 fully saturated rings. The maximum atomic E-state index is 8.76. The summed E-state index contributed by atoms with van der Waals surface area (Å²) in [6.45, 7) is 5.08. The molecule has 0 aliphatic heterocycles. The van der Waals surface area contributed by atoms with Gasteiger partial charge in [-0.15, -0.1) is 0 Å². The van der Waals surface area contributed by atoms with Gasteiger partial charge in [-0.1, -0.05) is 43.8 Å². The lowest BCUT2D eigenvalue weighted by molar-refractivity contribution is 0.318. The zero-order valence-electron chi connectivity index (χ0n) is 12.5. The Bertz CT molecular complexity index is 420. The Morgan fingerprint density at radius 2 is 2.25 bits per heavy atom. The lowest BCUT2D eigenvalue weighted by Crippen LogP contribution is -2.27. The maximum absolute atomic E-state index is 8.76. The fourth-order valence-corrected chi connectivity index (χ4v) is 2.12. The maximum Gasteiger partial charge on any atom is 0.189 e. The Labute approximate surface area is 121 Å². The molecule has 20 heavy (non-hydrogen) atoms. The average Bonchev–Trinajstić information content (AvgIpc) is 2.49. The predicted molar refractivity (Wildman–Crippen MR) is 81.8 cm³/mol. The van der Waals surface area contributed by atoms with Crippen LogP contribution < -0.4 is 11.1 Å². The molecule has 5 heteroatoms. The number of amidine groups is 1. The van der Waals surface area contributed by atoms with E-state index in [9.17, 15) is 0 Å². The third kappa shape index (κ3) is 5.57. The van der Waals surface area contributed by atoms with Gasteiger partial charge in [-0.2, -0.15) is 0 Å². The molecule has 1 atom stereocenters. The first-order valence-corrected chi connectivity index (χ1v) is 7.34. The van der Waals surface area contributed by atoms with E-state index < -0.39 is 0 Å². The van der Waals surface area contributed by atoms with Crippen molar-refractivity contribution in [2.24, 2.45) is 10.9 Å². The highest BCUT2D eigenvalue weighted by atomic mass is 16.4. The number of rotatable bonds is 9. The molecule has 0 spiro atoms. The lowest BCUT2D eigenvalue weighted by atomic mass is 10.1. The van der Waals surface area contributed by atoms with Crippen LogP contribution in [0.25, 0.3) is 0 Å². The van der Waals surface area contributed by atoms with E-state index >= 15 is 0 Å². The molecule has 0 radical (unpaired) electrons. The van der Waals surface area contributed by atoms with E-state index in [0.717, 1.165) is 5.56 Å². The fourth-order valence-electron chi connectivity index (χ4n) is 2.12. The number of unbranched alkanes of at least 4 members (excludes halogenated alkanes) is 3. The van der Waals surface area contributed by atoms with E-state index in [1.165, 1.54) is 32.1 Å². The van der Waals surface area contributed by atoms with Crippen molar-refractivity contribution in [3.05, 3.63) is 29.6 Å². The third-order valence-corrected chi connectivity index (χ3v) is 3.37. The van der Waals surface area contributed by atoms with Gasteiger partial charge in [-0.25, -0.2) is 0 Å². The van der Waals surface area contributed by atoms with Gasteiger partial charge in [-0.05, 0) is 25.0 Å². The Kier molecular flexibility index (Phi) is 7.65. The minimum atomic E-state index is 0.0537. The number of oxime groups is 1. The SMILES string of the molecule is CCCCCCC(C)NCc1cccnc1C(N)=NO. The summed E-state index contributed by atoms with van der Waals surface area (Å²) in [5.74, 6) is 0.0537. The highest BCUT2D eigenvalue weighted by Gasteiger charge is 2.09. The highest BCUT2D eigenvalue weighted by molar-refractivity contribution is 5.96. The van der Waals surface area contributed by atoms with Crippen molar-refractivity contribution in [3.63, 3.8) is 0 Å². The van der Waals surface area contributed by atoms with Gasteiger partial charge in [0, 0.05) is 18.8 Å². The van der Waals surface area contributed by atoms with Crippen molar-refractivity contribution in [1.82, 2.24) is 10.3 Å². The van der Waals surface area contributed by atoms with Crippen LogP contribution >= 0.6 is 0 Å². The third-order valence-electron chi connectivity index (χ3n) is 3.37. The van der Waals surface area contributed by atoms with Crippen LogP contribution in [0.5, 0.6) is 0 Å². The molecule has 1 rings (SSSR count).